The van der Waals surface area contributed by atoms with E-state index in [4.69, 9.17) is 10.5 Å². The molecule has 1 heterocycles. The molecule has 4 nitrogen and oxygen atoms in total. The van der Waals surface area contributed by atoms with E-state index in [0.717, 1.165) is 6.42 Å². The van der Waals surface area contributed by atoms with E-state index >= 15 is 0 Å². The predicted molar refractivity (Wildman–Crippen MR) is 50.3 cm³/mol. The van der Waals surface area contributed by atoms with Crippen LogP contribution in [0.25, 0.3) is 0 Å². The van der Waals surface area contributed by atoms with Gasteiger partial charge in [-0.15, -0.1) is 0 Å². The average molecular weight is 186 g/mol. The molecule has 1 unspecified atom stereocenters. The van der Waals surface area contributed by atoms with Crippen molar-refractivity contribution < 1.29 is 9.53 Å². The molecule has 0 aliphatic carbocycles. The van der Waals surface area contributed by atoms with Gasteiger partial charge in [-0.25, -0.2) is 0 Å². The van der Waals surface area contributed by atoms with Crippen molar-refractivity contribution in [3.63, 3.8) is 0 Å². The summed E-state index contributed by atoms with van der Waals surface area (Å²) in [6, 6.07) is -0.393. The predicted octanol–water partition coefficient (Wildman–Crippen LogP) is -0.0290. The maximum atomic E-state index is 11.5. The van der Waals surface area contributed by atoms with Crippen LogP contribution in [0.3, 0.4) is 0 Å². The molecule has 4 heteroatoms. The van der Waals surface area contributed by atoms with Crippen molar-refractivity contribution in [1.82, 2.24) is 4.90 Å². The normalized spacial score (nSPS) is 25.8. The van der Waals surface area contributed by atoms with Crippen molar-refractivity contribution in [3.05, 3.63) is 0 Å². The number of ether oxygens (including phenoxy) is 1. The number of amides is 1. The van der Waals surface area contributed by atoms with Crippen LogP contribution in [0, 0.1) is 0 Å². The summed E-state index contributed by atoms with van der Waals surface area (Å²) in [5.74, 6) is 0.0294. The molecule has 0 aromatic rings. The largest absolute Gasteiger partial charge is 0.375 e. The van der Waals surface area contributed by atoms with Gasteiger partial charge in [0.25, 0.3) is 0 Å². The van der Waals surface area contributed by atoms with Crippen molar-refractivity contribution in [3.8, 4) is 0 Å². The van der Waals surface area contributed by atoms with Crippen molar-refractivity contribution in [1.29, 1.82) is 0 Å². The number of nitrogens with zero attached hydrogens (tertiary/aromatic N) is 1. The van der Waals surface area contributed by atoms with E-state index in [1.54, 1.807) is 11.8 Å². The van der Waals surface area contributed by atoms with E-state index in [9.17, 15) is 4.79 Å². The molecule has 1 aliphatic heterocycles. The van der Waals surface area contributed by atoms with Crippen molar-refractivity contribution >= 4 is 5.91 Å². The molecule has 2 atom stereocenters. The third kappa shape index (κ3) is 2.67. The first-order valence-electron chi connectivity index (χ1n) is 4.81. The smallest absolute Gasteiger partial charge is 0.239 e. The van der Waals surface area contributed by atoms with E-state index in [0.29, 0.717) is 19.7 Å². The van der Waals surface area contributed by atoms with Crippen molar-refractivity contribution in [2.45, 2.75) is 32.4 Å². The lowest BCUT2D eigenvalue weighted by Gasteiger charge is -2.33. The molecule has 0 spiro atoms. The second kappa shape index (κ2) is 4.58. The standard InChI is InChI=1S/C9H18N2O2/c1-3-8-6-11(4-5-13-8)9(12)7(2)10/h7-8H,3-6,10H2,1-2H3/t7-,8?/m1/s1. The van der Waals surface area contributed by atoms with Crippen LogP contribution in [0.5, 0.6) is 0 Å². The number of nitrogens with two attached hydrogens (primary N) is 1. The van der Waals surface area contributed by atoms with Crippen molar-refractivity contribution in [2.24, 2.45) is 5.73 Å². The van der Waals surface area contributed by atoms with Gasteiger partial charge in [-0.2, -0.15) is 0 Å². The molecular weight excluding hydrogens is 168 g/mol. The van der Waals surface area contributed by atoms with Crippen LogP contribution in [-0.4, -0.2) is 42.6 Å². The molecule has 76 valence electrons. The number of hydrogen-bond donors (Lipinski definition) is 1. The summed E-state index contributed by atoms with van der Waals surface area (Å²) in [5, 5.41) is 0. The summed E-state index contributed by atoms with van der Waals surface area (Å²) >= 11 is 0. The Morgan fingerprint density at radius 3 is 3.00 bits per heavy atom. The zero-order valence-electron chi connectivity index (χ0n) is 8.32. The lowest BCUT2D eigenvalue weighted by Crippen LogP contribution is -2.50. The Kier molecular flexibility index (Phi) is 3.69. The number of carbonyl (C=O) groups is 1. The zero-order chi connectivity index (χ0) is 9.84. The first-order chi connectivity index (χ1) is 6.15. The Morgan fingerprint density at radius 1 is 1.77 bits per heavy atom. The summed E-state index contributed by atoms with van der Waals surface area (Å²) in [4.78, 5) is 13.3. The molecule has 1 rings (SSSR count). The summed E-state index contributed by atoms with van der Waals surface area (Å²) in [5.41, 5.74) is 5.52. The Balaban J connectivity index is 2.46. The molecule has 0 aromatic carbocycles. The highest BCUT2D eigenvalue weighted by Gasteiger charge is 2.24. The van der Waals surface area contributed by atoms with Crippen LogP contribution in [0.15, 0.2) is 0 Å². The highest BCUT2D eigenvalue weighted by atomic mass is 16.5. The number of carbonyl (C=O) groups excluding carboxylic acids is 1. The fraction of sp³-hybridized carbons (Fsp3) is 0.889. The van der Waals surface area contributed by atoms with Crippen LogP contribution >= 0.6 is 0 Å². The summed E-state index contributed by atoms with van der Waals surface area (Å²) in [6.45, 7) is 5.79. The van der Waals surface area contributed by atoms with Gasteiger partial charge in [0.1, 0.15) is 0 Å². The molecule has 1 aliphatic rings. The first kappa shape index (κ1) is 10.5. The molecular formula is C9H18N2O2. The number of morpholine rings is 1. The summed E-state index contributed by atoms with van der Waals surface area (Å²) in [7, 11) is 0. The van der Waals surface area contributed by atoms with E-state index in [2.05, 4.69) is 6.92 Å². The van der Waals surface area contributed by atoms with Crippen LogP contribution in [-0.2, 0) is 9.53 Å². The molecule has 1 saturated heterocycles. The molecule has 0 saturated carbocycles. The van der Waals surface area contributed by atoms with Gasteiger partial charge in [0.2, 0.25) is 5.91 Å². The van der Waals surface area contributed by atoms with Crippen LogP contribution in [0.4, 0.5) is 0 Å². The van der Waals surface area contributed by atoms with Gasteiger partial charge in [-0.05, 0) is 13.3 Å². The van der Waals surface area contributed by atoms with Gasteiger partial charge in [-0.1, -0.05) is 6.92 Å². The van der Waals surface area contributed by atoms with Crippen LogP contribution in [0.2, 0.25) is 0 Å². The fourth-order valence-electron chi connectivity index (χ4n) is 1.45. The minimum atomic E-state index is -0.393. The van der Waals surface area contributed by atoms with Gasteiger partial charge >= 0.3 is 0 Å². The lowest BCUT2D eigenvalue weighted by atomic mass is 10.2. The Bertz CT molecular complexity index is 182. The van der Waals surface area contributed by atoms with E-state index in [1.807, 2.05) is 0 Å². The molecule has 2 N–H and O–H groups in total. The molecule has 1 amide bonds. The average Bonchev–Trinajstić information content (AvgIpc) is 2.16. The SMILES string of the molecule is CCC1CN(C(=O)[C@@H](C)N)CCO1. The highest BCUT2D eigenvalue weighted by Crippen LogP contribution is 2.08. The third-order valence-electron chi connectivity index (χ3n) is 2.30. The quantitative estimate of drug-likeness (QED) is 0.659. The van der Waals surface area contributed by atoms with E-state index in [1.165, 1.54) is 0 Å². The molecule has 0 bridgehead atoms. The van der Waals surface area contributed by atoms with Crippen LogP contribution < -0.4 is 5.73 Å². The highest BCUT2D eigenvalue weighted by molar-refractivity contribution is 5.81. The Labute approximate surface area is 79.0 Å². The topological polar surface area (TPSA) is 55.6 Å². The maximum Gasteiger partial charge on any atom is 0.239 e. The Hall–Kier alpha value is -0.610. The van der Waals surface area contributed by atoms with Gasteiger partial charge in [-0.3, -0.25) is 4.79 Å². The zero-order valence-corrected chi connectivity index (χ0v) is 8.32. The summed E-state index contributed by atoms with van der Waals surface area (Å²) in [6.07, 6.45) is 1.14. The first-order valence-corrected chi connectivity index (χ1v) is 4.81. The molecule has 0 aromatic heterocycles. The maximum absolute atomic E-state index is 11.5. The Morgan fingerprint density at radius 2 is 2.46 bits per heavy atom. The van der Waals surface area contributed by atoms with Gasteiger partial charge < -0.3 is 15.4 Å². The third-order valence-corrected chi connectivity index (χ3v) is 2.30. The van der Waals surface area contributed by atoms with E-state index < -0.39 is 6.04 Å². The molecule has 1 fully saturated rings. The molecule has 13 heavy (non-hydrogen) atoms. The van der Waals surface area contributed by atoms with Crippen LogP contribution in [0.1, 0.15) is 20.3 Å². The van der Waals surface area contributed by atoms with E-state index in [-0.39, 0.29) is 12.0 Å². The van der Waals surface area contributed by atoms with Gasteiger partial charge in [0.05, 0.1) is 18.8 Å². The lowest BCUT2D eigenvalue weighted by molar-refractivity contribution is -0.139. The van der Waals surface area contributed by atoms with Gasteiger partial charge in [0.15, 0.2) is 0 Å². The minimum absolute atomic E-state index is 0.0294. The summed E-state index contributed by atoms with van der Waals surface area (Å²) < 4.78 is 5.45. The second-order valence-corrected chi connectivity index (χ2v) is 3.47. The fourth-order valence-corrected chi connectivity index (χ4v) is 1.45. The number of hydrogen-bond acceptors (Lipinski definition) is 3. The number of rotatable bonds is 2. The molecule has 0 radical (unpaired) electrons. The monoisotopic (exact) mass is 186 g/mol. The second-order valence-electron chi connectivity index (χ2n) is 3.47. The minimum Gasteiger partial charge on any atom is -0.375 e. The van der Waals surface area contributed by atoms with Crippen molar-refractivity contribution in [2.75, 3.05) is 19.7 Å². The van der Waals surface area contributed by atoms with Gasteiger partial charge in [0, 0.05) is 13.1 Å².